The van der Waals surface area contributed by atoms with E-state index in [1.165, 1.54) is 0 Å². The van der Waals surface area contributed by atoms with Crippen molar-refractivity contribution in [1.29, 1.82) is 0 Å². The van der Waals surface area contributed by atoms with E-state index < -0.39 is 12.0 Å². The van der Waals surface area contributed by atoms with E-state index in [1.54, 1.807) is 0 Å². The molecule has 1 unspecified atom stereocenters. The first-order chi connectivity index (χ1) is 7.43. The molecule has 1 aromatic carbocycles. The van der Waals surface area contributed by atoms with Crippen molar-refractivity contribution < 1.29 is 9.90 Å². The van der Waals surface area contributed by atoms with Gasteiger partial charge >= 0.3 is 5.97 Å². The van der Waals surface area contributed by atoms with Crippen molar-refractivity contribution in [3.05, 3.63) is 29.3 Å². The lowest BCUT2D eigenvalue weighted by atomic mass is 10.0. The number of benzene rings is 1. The van der Waals surface area contributed by atoms with Crippen LogP contribution < -0.4 is 5.32 Å². The van der Waals surface area contributed by atoms with Crippen LogP contribution in [0.15, 0.2) is 18.2 Å². The number of rotatable bonds is 4. The number of nitrogens with one attached hydrogen (secondary N) is 1. The fourth-order valence-electron chi connectivity index (χ4n) is 1.71. The zero-order valence-electron chi connectivity index (χ0n) is 10.2. The summed E-state index contributed by atoms with van der Waals surface area (Å²) in [7, 11) is 0. The molecule has 0 spiro atoms. The second kappa shape index (κ2) is 5.01. The Morgan fingerprint density at radius 2 is 1.75 bits per heavy atom. The fraction of sp³-hybridized carbons (Fsp3) is 0.462. The standard InChI is InChI=1S/C13H19NO2/c1-8(2)11(13(15)16)14-12-9(3)6-5-7-10(12)4/h5-8,11,14H,1-4H3,(H,15,16). The molecular formula is C13H19NO2. The number of hydrogen-bond acceptors (Lipinski definition) is 2. The molecule has 0 aliphatic carbocycles. The highest BCUT2D eigenvalue weighted by Gasteiger charge is 2.22. The lowest BCUT2D eigenvalue weighted by Gasteiger charge is -2.21. The molecule has 0 saturated heterocycles. The Balaban J connectivity index is 2.98. The van der Waals surface area contributed by atoms with Crippen molar-refractivity contribution >= 4 is 11.7 Å². The monoisotopic (exact) mass is 221 g/mol. The number of carbonyl (C=O) groups is 1. The molecule has 0 fully saturated rings. The Labute approximate surface area is 96.5 Å². The maximum Gasteiger partial charge on any atom is 0.326 e. The minimum Gasteiger partial charge on any atom is -0.480 e. The van der Waals surface area contributed by atoms with Gasteiger partial charge in [0.2, 0.25) is 0 Å². The normalized spacial score (nSPS) is 12.6. The topological polar surface area (TPSA) is 49.3 Å². The first kappa shape index (κ1) is 12.6. The van der Waals surface area contributed by atoms with Crippen LogP contribution in [0.1, 0.15) is 25.0 Å². The minimum atomic E-state index is -0.808. The summed E-state index contributed by atoms with van der Waals surface area (Å²) < 4.78 is 0. The SMILES string of the molecule is Cc1cccc(C)c1NC(C(=O)O)C(C)C. The van der Waals surface area contributed by atoms with E-state index in [0.717, 1.165) is 16.8 Å². The molecule has 0 aliphatic heterocycles. The second-order valence-corrected chi connectivity index (χ2v) is 4.47. The van der Waals surface area contributed by atoms with E-state index in [4.69, 9.17) is 5.11 Å². The molecule has 0 bridgehead atoms. The summed E-state index contributed by atoms with van der Waals surface area (Å²) in [6.07, 6.45) is 0. The smallest absolute Gasteiger partial charge is 0.326 e. The number of anilines is 1. The third-order valence-corrected chi connectivity index (χ3v) is 2.71. The van der Waals surface area contributed by atoms with Crippen LogP contribution in [-0.2, 0) is 4.79 Å². The van der Waals surface area contributed by atoms with E-state index in [1.807, 2.05) is 45.9 Å². The maximum atomic E-state index is 11.1. The summed E-state index contributed by atoms with van der Waals surface area (Å²) in [5.41, 5.74) is 3.09. The zero-order chi connectivity index (χ0) is 12.3. The Hall–Kier alpha value is -1.51. The van der Waals surface area contributed by atoms with Gasteiger partial charge in [-0.05, 0) is 30.9 Å². The molecule has 1 atom stereocenters. The summed E-state index contributed by atoms with van der Waals surface area (Å²) >= 11 is 0. The van der Waals surface area contributed by atoms with E-state index in [2.05, 4.69) is 5.32 Å². The second-order valence-electron chi connectivity index (χ2n) is 4.47. The van der Waals surface area contributed by atoms with Crippen molar-refractivity contribution in [2.24, 2.45) is 5.92 Å². The number of aliphatic carboxylic acids is 1. The Morgan fingerprint density at radius 1 is 1.25 bits per heavy atom. The van der Waals surface area contributed by atoms with Gasteiger partial charge in [0.25, 0.3) is 0 Å². The van der Waals surface area contributed by atoms with Gasteiger partial charge in [0.1, 0.15) is 6.04 Å². The average molecular weight is 221 g/mol. The van der Waals surface area contributed by atoms with Gasteiger partial charge in [-0.3, -0.25) is 0 Å². The van der Waals surface area contributed by atoms with E-state index >= 15 is 0 Å². The fourth-order valence-corrected chi connectivity index (χ4v) is 1.71. The molecule has 88 valence electrons. The van der Waals surface area contributed by atoms with Gasteiger partial charge in [-0.1, -0.05) is 32.0 Å². The molecule has 1 aromatic rings. The van der Waals surface area contributed by atoms with Gasteiger partial charge in [0.05, 0.1) is 0 Å². The number of carboxylic acid groups (broad SMARTS) is 1. The lowest BCUT2D eigenvalue weighted by molar-refractivity contribution is -0.138. The van der Waals surface area contributed by atoms with Crippen molar-refractivity contribution in [2.45, 2.75) is 33.7 Å². The average Bonchev–Trinajstić information content (AvgIpc) is 2.15. The Bertz CT molecular complexity index is 365. The zero-order valence-corrected chi connectivity index (χ0v) is 10.2. The van der Waals surface area contributed by atoms with E-state index in [9.17, 15) is 4.79 Å². The Morgan fingerprint density at radius 3 is 2.12 bits per heavy atom. The molecule has 0 saturated carbocycles. The molecule has 1 rings (SSSR count). The number of hydrogen-bond donors (Lipinski definition) is 2. The number of para-hydroxylation sites is 1. The number of aryl methyl sites for hydroxylation is 2. The van der Waals surface area contributed by atoms with Gasteiger partial charge < -0.3 is 10.4 Å². The molecule has 0 aliphatic rings. The molecule has 0 heterocycles. The van der Waals surface area contributed by atoms with Crippen LogP contribution in [0.4, 0.5) is 5.69 Å². The summed E-state index contributed by atoms with van der Waals surface area (Å²) in [6.45, 7) is 7.77. The van der Waals surface area contributed by atoms with Crippen LogP contribution in [0.5, 0.6) is 0 Å². The summed E-state index contributed by atoms with van der Waals surface area (Å²) in [5.74, 6) is -0.755. The number of carboxylic acids is 1. The highest BCUT2D eigenvalue weighted by atomic mass is 16.4. The van der Waals surface area contributed by atoms with Crippen molar-refractivity contribution in [2.75, 3.05) is 5.32 Å². The van der Waals surface area contributed by atoms with E-state index in [0.29, 0.717) is 0 Å². The molecule has 0 radical (unpaired) electrons. The van der Waals surface area contributed by atoms with E-state index in [-0.39, 0.29) is 5.92 Å². The van der Waals surface area contributed by atoms with Crippen LogP contribution in [0.25, 0.3) is 0 Å². The predicted molar refractivity (Wildman–Crippen MR) is 65.8 cm³/mol. The largest absolute Gasteiger partial charge is 0.480 e. The summed E-state index contributed by atoms with van der Waals surface area (Å²) in [6, 6.07) is 5.39. The van der Waals surface area contributed by atoms with Crippen molar-refractivity contribution in [3.63, 3.8) is 0 Å². The van der Waals surface area contributed by atoms with Crippen LogP contribution in [-0.4, -0.2) is 17.1 Å². The molecule has 0 amide bonds. The molecule has 2 N–H and O–H groups in total. The van der Waals surface area contributed by atoms with Crippen LogP contribution >= 0.6 is 0 Å². The lowest BCUT2D eigenvalue weighted by Crippen LogP contribution is -2.34. The van der Waals surface area contributed by atoms with Gasteiger partial charge in [-0.2, -0.15) is 0 Å². The quantitative estimate of drug-likeness (QED) is 0.822. The molecule has 0 aromatic heterocycles. The maximum absolute atomic E-state index is 11.1. The summed E-state index contributed by atoms with van der Waals surface area (Å²) in [5, 5.41) is 12.2. The minimum absolute atomic E-state index is 0.0523. The molecule has 3 nitrogen and oxygen atoms in total. The van der Waals surface area contributed by atoms with Crippen LogP contribution in [0.3, 0.4) is 0 Å². The molecular weight excluding hydrogens is 202 g/mol. The molecule has 16 heavy (non-hydrogen) atoms. The predicted octanol–water partition coefficient (Wildman–Crippen LogP) is 2.82. The molecule has 3 heteroatoms. The van der Waals surface area contributed by atoms with Gasteiger partial charge in [-0.25, -0.2) is 4.79 Å². The Kier molecular flexibility index (Phi) is 3.93. The third-order valence-electron chi connectivity index (χ3n) is 2.71. The van der Waals surface area contributed by atoms with Crippen LogP contribution in [0.2, 0.25) is 0 Å². The van der Waals surface area contributed by atoms with Gasteiger partial charge in [0.15, 0.2) is 0 Å². The first-order valence-corrected chi connectivity index (χ1v) is 5.49. The summed E-state index contributed by atoms with van der Waals surface area (Å²) in [4.78, 5) is 11.1. The van der Waals surface area contributed by atoms with Gasteiger partial charge in [-0.15, -0.1) is 0 Å². The van der Waals surface area contributed by atoms with Crippen molar-refractivity contribution in [1.82, 2.24) is 0 Å². The highest BCUT2D eigenvalue weighted by molar-refractivity contribution is 5.78. The van der Waals surface area contributed by atoms with Gasteiger partial charge in [0, 0.05) is 5.69 Å². The third kappa shape index (κ3) is 2.75. The van der Waals surface area contributed by atoms with Crippen LogP contribution in [0, 0.1) is 19.8 Å². The highest BCUT2D eigenvalue weighted by Crippen LogP contribution is 2.22. The first-order valence-electron chi connectivity index (χ1n) is 5.49. The van der Waals surface area contributed by atoms with Crippen molar-refractivity contribution in [3.8, 4) is 0 Å².